The van der Waals surface area contributed by atoms with Gasteiger partial charge in [-0.05, 0) is 54.5 Å². The minimum atomic E-state index is -0.302. The number of rotatable bonds is 3. The van der Waals surface area contributed by atoms with Gasteiger partial charge in [0.15, 0.2) is 5.11 Å². The lowest BCUT2D eigenvalue weighted by atomic mass is 10.2. The van der Waals surface area contributed by atoms with E-state index in [9.17, 15) is 9.18 Å². The van der Waals surface area contributed by atoms with Crippen LogP contribution >= 0.6 is 24.0 Å². The van der Waals surface area contributed by atoms with E-state index in [-0.39, 0.29) is 17.1 Å². The van der Waals surface area contributed by atoms with Crippen LogP contribution in [0.3, 0.4) is 0 Å². The molecule has 2 aromatic carbocycles. The Morgan fingerprint density at radius 1 is 1.29 bits per heavy atom. The number of anilines is 1. The van der Waals surface area contributed by atoms with E-state index in [1.54, 1.807) is 12.1 Å². The van der Waals surface area contributed by atoms with Crippen LogP contribution in [0.1, 0.15) is 16.5 Å². The van der Waals surface area contributed by atoms with Crippen molar-refractivity contribution in [2.24, 2.45) is 0 Å². The van der Waals surface area contributed by atoms with E-state index in [1.165, 1.54) is 28.9 Å². The third-order valence-electron chi connectivity index (χ3n) is 3.52. The number of thioether (sulfide) groups is 1. The summed E-state index contributed by atoms with van der Waals surface area (Å²) in [6, 6.07) is 13.9. The number of benzene rings is 2. The molecule has 124 valence electrons. The van der Waals surface area contributed by atoms with Crippen molar-refractivity contribution in [3.05, 3.63) is 65.5 Å². The molecule has 1 fully saturated rings. The van der Waals surface area contributed by atoms with Crippen molar-refractivity contribution in [3.63, 3.8) is 0 Å². The molecule has 24 heavy (non-hydrogen) atoms. The Morgan fingerprint density at radius 2 is 2.04 bits per heavy atom. The normalized spacial score (nSPS) is 17.0. The summed E-state index contributed by atoms with van der Waals surface area (Å²) in [5.74, 6) is -0.0193. The van der Waals surface area contributed by atoms with E-state index in [4.69, 9.17) is 12.2 Å². The minimum Gasteiger partial charge on any atom is -0.331 e. The highest BCUT2D eigenvalue weighted by atomic mass is 32.2. The van der Waals surface area contributed by atoms with Crippen molar-refractivity contribution in [2.75, 3.05) is 11.1 Å². The van der Waals surface area contributed by atoms with Crippen molar-refractivity contribution in [2.45, 2.75) is 12.3 Å². The maximum absolute atomic E-state index is 13.1. The van der Waals surface area contributed by atoms with Crippen molar-refractivity contribution >= 4 is 40.7 Å². The Hall–Kier alpha value is -2.12. The maximum Gasteiger partial charge on any atom is 0.252 e. The number of hydrogen-bond acceptors (Lipinski definition) is 3. The lowest BCUT2D eigenvalue weighted by Crippen LogP contribution is -2.46. The third kappa shape index (κ3) is 3.85. The summed E-state index contributed by atoms with van der Waals surface area (Å²) >= 11 is 6.78. The molecule has 1 amide bonds. The molecule has 2 N–H and O–H groups in total. The predicted octanol–water partition coefficient (Wildman–Crippen LogP) is 3.61. The van der Waals surface area contributed by atoms with Crippen LogP contribution in [0.25, 0.3) is 0 Å². The van der Waals surface area contributed by atoms with Gasteiger partial charge in [0.25, 0.3) is 5.91 Å². The molecular weight excluding hydrogens is 345 g/mol. The fourth-order valence-corrected chi connectivity index (χ4v) is 3.73. The van der Waals surface area contributed by atoms with Gasteiger partial charge in [0.1, 0.15) is 11.2 Å². The number of hydrogen-bond donors (Lipinski definition) is 2. The molecule has 1 heterocycles. The molecule has 1 unspecified atom stereocenters. The maximum atomic E-state index is 13.1. The van der Waals surface area contributed by atoms with Crippen LogP contribution in [0.2, 0.25) is 0 Å². The van der Waals surface area contributed by atoms with E-state index < -0.39 is 0 Å². The van der Waals surface area contributed by atoms with Crippen LogP contribution < -0.4 is 10.7 Å². The second-order valence-corrected chi connectivity index (χ2v) is 6.89. The summed E-state index contributed by atoms with van der Waals surface area (Å²) in [6.45, 7) is 1.99. The van der Waals surface area contributed by atoms with Gasteiger partial charge in [-0.25, -0.2) is 9.40 Å². The summed E-state index contributed by atoms with van der Waals surface area (Å²) in [4.78, 5) is 12.1. The van der Waals surface area contributed by atoms with Crippen LogP contribution in [-0.4, -0.2) is 21.8 Å². The molecule has 0 bridgehead atoms. The lowest BCUT2D eigenvalue weighted by molar-refractivity contribution is -0.129. The first-order valence-electron chi connectivity index (χ1n) is 7.36. The smallest absolute Gasteiger partial charge is 0.252 e. The summed E-state index contributed by atoms with van der Waals surface area (Å²) in [6.07, 6.45) is 0. The first kappa shape index (κ1) is 16.7. The second kappa shape index (κ2) is 7.19. The Bertz CT molecular complexity index is 767. The van der Waals surface area contributed by atoms with Crippen molar-refractivity contribution in [1.82, 2.24) is 10.4 Å². The number of carbonyl (C=O) groups excluding carboxylic acids is 1. The van der Waals surface area contributed by atoms with E-state index in [1.807, 2.05) is 31.2 Å². The average molecular weight is 361 g/mol. The van der Waals surface area contributed by atoms with Crippen molar-refractivity contribution in [1.29, 1.82) is 0 Å². The van der Waals surface area contributed by atoms with Gasteiger partial charge < -0.3 is 5.32 Å². The highest BCUT2D eigenvalue weighted by molar-refractivity contribution is 8.00. The van der Waals surface area contributed by atoms with Gasteiger partial charge in [-0.15, -0.1) is 11.8 Å². The Morgan fingerprint density at radius 3 is 2.75 bits per heavy atom. The van der Waals surface area contributed by atoms with Crippen LogP contribution in [0.5, 0.6) is 0 Å². The Kier molecular flexibility index (Phi) is 5.01. The number of nitrogens with one attached hydrogen (secondary N) is 2. The van der Waals surface area contributed by atoms with Crippen LogP contribution in [0, 0.1) is 12.7 Å². The molecule has 7 heteroatoms. The molecule has 0 spiro atoms. The number of carbonyl (C=O) groups is 1. The van der Waals surface area contributed by atoms with Crippen LogP contribution in [0.4, 0.5) is 10.1 Å². The predicted molar refractivity (Wildman–Crippen MR) is 99.0 cm³/mol. The lowest BCUT2D eigenvalue weighted by Gasteiger charge is -2.26. The topological polar surface area (TPSA) is 44.4 Å². The fourth-order valence-electron chi connectivity index (χ4n) is 2.41. The molecule has 2 aromatic rings. The van der Waals surface area contributed by atoms with E-state index in [0.717, 1.165) is 16.8 Å². The highest BCUT2D eigenvalue weighted by Gasteiger charge is 2.33. The molecule has 0 radical (unpaired) electrons. The molecule has 0 saturated carbocycles. The fraction of sp³-hybridized carbons (Fsp3) is 0.176. The van der Waals surface area contributed by atoms with Crippen LogP contribution in [0.15, 0.2) is 48.5 Å². The zero-order chi connectivity index (χ0) is 17.1. The third-order valence-corrected chi connectivity index (χ3v) is 4.93. The standard InChI is InChI=1S/C17H16FN3OS2/c1-11-3-2-4-14(9-11)19-17(23)20-21-15(22)10-24-16(21)12-5-7-13(18)8-6-12/h2-9,16H,10H2,1H3,(H2,19,20,23). The van der Waals surface area contributed by atoms with Gasteiger partial charge in [-0.1, -0.05) is 24.3 Å². The van der Waals surface area contributed by atoms with E-state index in [2.05, 4.69) is 10.7 Å². The quantitative estimate of drug-likeness (QED) is 0.818. The highest BCUT2D eigenvalue weighted by Crippen LogP contribution is 2.37. The SMILES string of the molecule is Cc1cccc(NC(=S)NN2C(=O)CSC2c2ccc(F)cc2)c1. The molecule has 3 rings (SSSR count). The van der Waals surface area contributed by atoms with Crippen molar-refractivity contribution in [3.8, 4) is 0 Å². The molecule has 0 aliphatic carbocycles. The molecule has 1 aliphatic heterocycles. The molecule has 4 nitrogen and oxygen atoms in total. The van der Waals surface area contributed by atoms with Gasteiger partial charge in [0, 0.05) is 5.69 Å². The average Bonchev–Trinajstić information content (AvgIpc) is 2.89. The van der Waals surface area contributed by atoms with Gasteiger partial charge in [-0.3, -0.25) is 10.2 Å². The van der Waals surface area contributed by atoms with Crippen molar-refractivity contribution < 1.29 is 9.18 Å². The number of aryl methyl sites for hydroxylation is 1. The summed E-state index contributed by atoms with van der Waals surface area (Å²) in [7, 11) is 0. The largest absolute Gasteiger partial charge is 0.331 e. The van der Waals surface area contributed by atoms with Gasteiger partial charge in [0.05, 0.1) is 5.75 Å². The zero-order valence-corrected chi connectivity index (χ0v) is 14.6. The van der Waals surface area contributed by atoms with Gasteiger partial charge in [-0.2, -0.15) is 0 Å². The Labute approximate surface area is 149 Å². The van der Waals surface area contributed by atoms with E-state index >= 15 is 0 Å². The van der Waals surface area contributed by atoms with E-state index in [0.29, 0.717) is 10.9 Å². The number of hydrazine groups is 1. The first-order chi connectivity index (χ1) is 11.5. The zero-order valence-electron chi connectivity index (χ0n) is 13.0. The minimum absolute atomic E-state index is 0.0669. The number of amides is 1. The molecule has 1 atom stereocenters. The molecule has 1 aliphatic rings. The summed E-state index contributed by atoms with van der Waals surface area (Å²) < 4.78 is 13.1. The number of halogens is 1. The molecule has 1 saturated heterocycles. The molecular formula is C17H16FN3OS2. The number of nitrogens with zero attached hydrogens (tertiary/aromatic N) is 1. The van der Waals surface area contributed by atoms with Gasteiger partial charge in [0.2, 0.25) is 0 Å². The van der Waals surface area contributed by atoms with Gasteiger partial charge >= 0.3 is 0 Å². The second-order valence-electron chi connectivity index (χ2n) is 5.41. The van der Waals surface area contributed by atoms with Crippen LogP contribution in [-0.2, 0) is 4.79 Å². The summed E-state index contributed by atoms with van der Waals surface area (Å²) in [5, 5.41) is 4.65. The first-order valence-corrected chi connectivity index (χ1v) is 8.82. The molecule has 0 aromatic heterocycles. The summed E-state index contributed by atoms with van der Waals surface area (Å²) in [5.41, 5.74) is 5.76. The monoisotopic (exact) mass is 361 g/mol. The Balaban J connectivity index is 1.70. The number of thiocarbonyl (C=S) groups is 1.